The van der Waals surface area contributed by atoms with Crippen molar-refractivity contribution in [3.8, 4) is 5.69 Å². The lowest BCUT2D eigenvalue weighted by Crippen LogP contribution is -2.28. The van der Waals surface area contributed by atoms with E-state index in [0.717, 1.165) is 28.9 Å². The van der Waals surface area contributed by atoms with Crippen molar-refractivity contribution in [2.45, 2.75) is 52.9 Å². The lowest BCUT2D eigenvalue weighted by atomic mass is 10.0. The molecule has 3 aromatic rings. The summed E-state index contributed by atoms with van der Waals surface area (Å²) in [4.78, 5) is 45.1. The Morgan fingerprint density at radius 3 is 2.41 bits per heavy atom. The van der Waals surface area contributed by atoms with E-state index < -0.39 is 5.69 Å². The highest BCUT2D eigenvalue weighted by Crippen LogP contribution is 2.17. The van der Waals surface area contributed by atoms with Gasteiger partial charge in [-0.1, -0.05) is 26.7 Å². The molecule has 0 aliphatic rings. The Morgan fingerprint density at radius 1 is 1.10 bits per heavy atom. The Labute approximate surface area is 169 Å². The molecule has 3 rings (SSSR count). The first kappa shape index (κ1) is 20.5. The molecule has 0 radical (unpaired) electrons. The lowest BCUT2D eigenvalue weighted by Gasteiger charge is -2.09. The highest BCUT2D eigenvalue weighted by Gasteiger charge is 2.25. The van der Waals surface area contributed by atoms with Crippen LogP contribution in [0, 0.1) is 6.92 Å². The molecule has 2 heterocycles. The number of ketones is 1. The van der Waals surface area contributed by atoms with Crippen molar-refractivity contribution in [1.82, 2.24) is 19.1 Å². The quantitative estimate of drug-likeness (QED) is 0.466. The summed E-state index contributed by atoms with van der Waals surface area (Å²) in [6, 6.07) is 7.07. The molecular weight excluding hydrogens is 368 g/mol. The number of nitrogens with one attached hydrogen (secondary N) is 1. The van der Waals surface area contributed by atoms with Crippen LogP contribution in [0.2, 0.25) is 0 Å². The lowest BCUT2D eigenvalue weighted by molar-refractivity contribution is 0.0876. The van der Waals surface area contributed by atoms with E-state index in [1.165, 1.54) is 0 Å². The molecule has 2 aromatic heterocycles. The van der Waals surface area contributed by atoms with Gasteiger partial charge >= 0.3 is 5.69 Å². The average Bonchev–Trinajstić information content (AvgIpc) is 3.30. The number of aromatic amines is 1. The minimum absolute atomic E-state index is 0.144. The molecular formula is C22H26N4O3. The van der Waals surface area contributed by atoms with Gasteiger partial charge in [0.15, 0.2) is 0 Å². The third-order valence-corrected chi connectivity index (χ3v) is 5.02. The fourth-order valence-electron chi connectivity index (χ4n) is 3.41. The molecule has 7 nitrogen and oxygen atoms in total. The Kier molecular flexibility index (Phi) is 6.26. The molecule has 0 saturated carbocycles. The number of carbonyl (C=O) groups excluding carboxylic acids is 2. The minimum atomic E-state index is -0.544. The molecule has 29 heavy (non-hydrogen) atoms. The van der Waals surface area contributed by atoms with Crippen LogP contribution < -0.4 is 5.69 Å². The van der Waals surface area contributed by atoms with E-state index in [1.807, 2.05) is 43.7 Å². The summed E-state index contributed by atoms with van der Waals surface area (Å²) in [6.07, 6.45) is 6.84. The SMILES string of the molecule is CCCCCC(=O)n1c(C(=O)c2ccc(-n3ccnc3C)cc2)c(CC)[nH]c1=O. The summed E-state index contributed by atoms with van der Waals surface area (Å²) in [5.74, 6) is 0.167. The first-order valence-electron chi connectivity index (χ1n) is 10.00. The number of hydrogen-bond donors (Lipinski definition) is 1. The molecule has 0 fully saturated rings. The van der Waals surface area contributed by atoms with Gasteiger partial charge in [0.1, 0.15) is 11.5 Å². The van der Waals surface area contributed by atoms with E-state index in [2.05, 4.69) is 9.97 Å². The Balaban J connectivity index is 1.95. The minimum Gasteiger partial charge on any atom is -0.309 e. The highest BCUT2D eigenvalue weighted by molar-refractivity contribution is 6.10. The zero-order valence-corrected chi connectivity index (χ0v) is 17.1. The number of aromatic nitrogens is 4. The summed E-state index contributed by atoms with van der Waals surface area (Å²) >= 11 is 0. The topological polar surface area (TPSA) is 89.8 Å². The standard InChI is InChI=1S/C22H26N4O3/c1-4-6-7-8-19(27)26-20(18(5-2)24-22(26)29)21(28)16-9-11-17(12-10-16)25-14-13-23-15(25)3/h9-14H,4-8H2,1-3H3,(H,24,29). The van der Waals surface area contributed by atoms with Crippen LogP contribution in [0.3, 0.4) is 0 Å². The van der Waals surface area contributed by atoms with Gasteiger partial charge in [-0.25, -0.2) is 14.3 Å². The molecule has 0 bridgehead atoms. The van der Waals surface area contributed by atoms with Crippen molar-refractivity contribution in [3.05, 3.63) is 69.9 Å². The maximum atomic E-state index is 13.2. The normalized spacial score (nSPS) is 11.0. The van der Waals surface area contributed by atoms with Gasteiger partial charge in [0.05, 0.1) is 0 Å². The Hall–Kier alpha value is -3.22. The first-order valence-corrected chi connectivity index (χ1v) is 10.00. The van der Waals surface area contributed by atoms with E-state index in [1.54, 1.807) is 18.3 Å². The van der Waals surface area contributed by atoms with Crippen molar-refractivity contribution >= 4 is 11.7 Å². The van der Waals surface area contributed by atoms with Crippen molar-refractivity contribution < 1.29 is 9.59 Å². The van der Waals surface area contributed by atoms with E-state index in [4.69, 9.17) is 0 Å². The predicted molar refractivity (Wildman–Crippen MR) is 111 cm³/mol. The maximum Gasteiger partial charge on any atom is 0.333 e. The summed E-state index contributed by atoms with van der Waals surface area (Å²) in [7, 11) is 0. The van der Waals surface area contributed by atoms with Gasteiger partial charge < -0.3 is 9.55 Å². The van der Waals surface area contributed by atoms with Crippen LogP contribution in [0.4, 0.5) is 0 Å². The molecule has 0 spiro atoms. The largest absolute Gasteiger partial charge is 0.333 e. The van der Waals surface area contributed by atoms with Gasteiger partial charge in [-0.3, -0.25) is 9.59 Å². The predicted octanol–water partition coefficient (Wildman–Crippen LogP) is 3.68. The van der Waals surface area contributed by atoms with Crippen LogP contribution in [0.5, 0.6) is 0 Å². The van der Waals surface area contributed by atoms with Crippen molar-refractivity contribution in [3.63, 3.8) is 0 Å². The van der Waals surface area contributed by atoms with Crippen molar-refractivity contribution in [2.75, 3.05) is 0 Å². The zero-order valence-electron chi connectivity index (χ0n) is 17.1. The summed E-state index contributed by atoms with van der Waals surface area (Å²) in [6.45, 7) is 5.79. The second-order valence-electron chi connectivity index (χ2n) is 7.02. The van der Waals surface area contributed by atoms with Crippen LogP contribution in [-0.2, 0) is 6.42 Å². The van der Waals surface area contributed by atoms with Gasteiger partial charge in [-0.2, -0.15) is 0 Å². The van der Waals surface area contributed by atoms with Crippen LogP contribution in [-0.4, -0.2) is 30.8 Å². The fraction of sp³-hybridized carbons (Fsp3) is 0.364. The molecule has 152 valence electrons. The van der Waals surface area contributed by atoms with Crippen molar-refractivity contribution in [1.29, 1.82) is 0 Å². The summed E-state index contributed by atoms with van der Waals surface area (Å²) < 4.78 is 2.93. The van der Waals surface area contributed by atoms with Crippen LogP contribution in [0.15, 0.2) is 41.5 Å². The van der Waals surface area contributed by atoms with Crippen LogP contribution in [0.25, 0.3) is 5.69 Å². The smallest absolute Gasteiger partial charge is 0.309 e. The summed E-state index contributed by atoms with van der Waals surface area (Å²) in [5, 5.41) is 0. The van der Waals surface area contributed by atoms with Crippen LogP contribution in [0.1, 0.15) is 71.9 Å². The van der Waals surface area contributed by atoms with Gasteiger partial charge in [-0.15, -0.1) is 0 Å². The number of imidazole rings is 2. The Morgan fingerprint density at radius 2 is 1.83 bits per heavy atom. The number of rotatable bonds is 8. The van der Waals surface area contributed by atoms with Gasteiger partial charge in [0, 0.05) is 35.8 Å². The zero-order chi connectivity index (χ0) is 21.0. The fourth-order valence-corrected chi connectivity index (χ4v) is 3.41. The van der Waals surface area contributed by atoms with Gasteiger partial charge in [0.25, 0.3) is 0 Å². The number of carbonyl (C=O) groups is 2. The molecule has 1 aromatic carbocycles. The molecule has 0 aliphatic carbocycles. The molecule has 0 aliphatic heterocycles. The average molecular weight is 394 g/mol. The number of nitrogens with zero attached hydrogens (tertiary/aromatic N) is 3. The van der Waals surface area contributed by atoms with Gasteiger partial charge in [0.2, 0.25) is 11.7 Å². The Bertz CT molecular complexity index is 1070. The molecule has 0 amide bonds. The monoisotopic (exact) mass is 394 g/mol. The second-order valence-corrected chi connectivity index (χ2v) is 7.02. The van der Waals surface area contributed by atoms with E-state index in [0.29, 0.717) is 24.1 Å². The molecule has 0 atom stereocenters. The molecule has 1 N–H and O–H groups in total. The molecule has 0 unspecified atom stereocenters. The van der Waals surface area contributed by atoms with Crippen LogP contribution >= 0.6 is 0 Å². The number of unbranched alkanes of at least 4 members (excludes halogenated alkanes) is 2. The maximum absolute atomic E-state index is 13.2. The van der Waals surface area contributed by atoms with E-state index in [-0.39, 0.29) is 23.8 Å². The number of H-pyrrole nitrogens is 1. The first-order chi connectivity index (χ1) is 14.0. The van der Waals surface area contributed by atoms with E-state index in [9.17, 15) is 14.4 Å². The molecule has 0 saturated heterocycles. The second kappa shape index (κ2) is 8.86. The number of benzene rings is 1. The number of hydrogen-bond acceptors (Lipinski definition) is 4. The third-order valence-electron chi connectivity index (χ3n) is 5.02. The summed E-state index contributed by atoms with van der Waals surface area (Å²) in [5.41, 5.74) is 1.39. The third kappa shape index (κ3) is 4.13. The number of aryl methyl sites for hydroxylation is 2. The van der Waals surface area contributed by atoms with Crippen molar-refractivity contribution in [2.24, 2.45) is 0 Å². The van der Waals surface area contributed by atoms with Gasteiger partial charge in [-0.05, 0) is 44.0 Å². The van der Waals surface area contributed by atoms with E-state index >= 15 is 0 Å². The highest BCUT2D eigenvalue weighted by atomic mass is 16.2. The molecule has 7 heteroatoms.